The minimum atomic E-state index is -0.397. The van der Waals surface area contributed by atoms with Crippen LogP contribution in [-0.2, 0) is 17.6 Å². The summed E-state index contributed by atoms with van der Waals surface area (Å²) in [7, 11) is 1.38. The number of carbonyl (C=O) groups excluding carboxylic acids is 2. The molecule has 4 aromatic rings. The van der Waals surface area contributed by atoms with E-state index in [-0.39, 0.29) is 5.91 Å². The van der Waals surface area contributed by atoms with Gasteiger partial charge >= 0.3 is 5.97 Å². The fourth-order valence-corrected chi connectivity index (χ4v) is 6.00. The molecule has 0 saturated heterocycles. The van der Waals surface area contributed by atoms with E-state index in [1.165, 1.54) is 23.3 Å². The number of nitrogens with one attached hydrogen (secondary N) is 1. The Labute approximate surface area is 202 Å². The number of nitrogens with zero attached hydrogens (tertiary/aromatic N) is 1. The van der Waals surface area contributed by atoms with Crippen LogP contribution in [0, 0.1) is 13.8 Å². The fraction of sp³-hybridized carbons (Fsp3) is 0.250. The van der Waals surface area contributed by atoms with Crippen molar-refractivity contribution in [2.75, 3.05) is 12.4 Å². The monoisotopic (exact) mass is 470 g/mol. The first-order chi connectivity index (χ1) is 16.5. The third-order valence-electron chi connectivity index (χ3n) is 6.48. The van der Waals surface area contributed by atoms with E-state index in [0.29, 0.717) is 16.1 Å². The van der Waals surface area contributed by atoms with Gasteiger partial charge in [-0.1, -0.05) is 48.0 Å². The van der Waals surface area contributed by atoms with Crippen molar-refractivity contribution < 1.29 is 14.3 Å². The zero-order valence-electron chi connectivity index (χ0n) is 19.5. The molecule has 0 atom stereocenters. The molecule has 0 saturated carbocycles. The standard InChI is InChI=1S/C28H26N2O3S/c1-16-12-14-18(15-13-16)25-17(2)23(19-8-4-6-10-21(19)29-25)26(31)30-27-24(28(32)33-3)20-9-5-7-11-22(20)34-27/h4,6,8,10,12-15H,5,7,9,11H2,1-3H3,(H,30,31). The summed E-state index contributed by atoms with van der Waals surface area (Å²) in [6.07, 6.45) is 3.89. The van der Waals surface area contributed by atoms with E-state index in [2.05, 4.69) is 5.32 Å². The number of pyridine rings is 1. The van der Waals surface area contributed by atoms with Gasteiger partial charge in [0.05, 0.1) is 29.4 Å². The molecule has 1 N–H and O–H groups in total. The summed E-state index contributed by atoms with van der Waals surface area (Å²) in [5.74, 6) is -0.639. The average molecular weight is 471 g/mol. The number of thiophene rings is 1. The van der Waals surface area contributed by atoms with Crippen LogP contribution in [0.15, 0.2) is 48.5 Å². The first-order valence-corrected chi connectivity index (χ1v) is 12.3. The number of anilines is 1. The predicted octanol–water partition coefficient (Wildman–Crippen LogP) is 6.50. The van der Waals surface area contributed by atoms with Gasteiger partial charge in [-0.05, 0) is 56.7 Å². The van der Waals surface area contributed by atoms with Gasteiger partial charge in [0.25, 0.3) is 5.91 Å². The topological polar surface area (TPSA) is 68.3 Å². The van der Waals surface area contributed by atoms with Crippen LogP contribution in [0.25, 0.3) is 22.2 Å². The van der Waals surface area contributed by atoms with Crippen molar-refractivity contribution in [3.63, 3.8) is 0 Å². The highest BCUT2D eigenvalue weighted by atomic mass is 32.1. The van der Waals surface area contributed by atoms with Crippen LogP contribution >= 0.6 is 11.3 Å². The molecule has 2 heterocycles. The van der Waals surface area contributed by atoms with Gasteiger partial charge in [0.2, 0.25) is 0 Å². The molecule has 5 rings (SSSR count). The second-order valence-corrected chi connectivity index (χ2v) is 9.81. The molecule has 172 valence electrons. The number of methoxy groups -OCH3 is 1. The minimum Gasteiger partial charge on any atom is -0.465 e. The summed E-state index contributed by atoms with van der Waals surface area (Å²) in [6, 6.07) is 15.8. The lowest BCUT2D eigenvalue weighted by atomic mass is 9.95. The molecule has 2 aromatic carbocycles. The molecular weight excluding hydrogens is 444 g/mol. The molecule has 0 unspecified atom stereocenters. The van der Waals surface area contributed by atoms with Crippen LogP contribution in [0.3, 0.4) is 0 Å². The van der Waals surface area contributed by atoms with Gasteiger partial charge in [-0.25, -0.2) is 9.78 Å². The van der Waals surface area contributed by atoms with E-state index in [1.807, 2.05) is 62.4 Å². The zero-order chi connectivity index (χ0) is 23.8. The van der Waals surface area contributed by atoms with Gasteiger partial charge < -0.3 is 10.1 Å². The molecular formula is C28H26N2O3S. The van der Waals surface area contributed by atoms with Crippen molar-refractivity contribution in [1.82, 2.24) is 4.98 Å². The van der Waals surface area contributed by atoms with Crippen LogP contribution in [0.4, 0.5) is 5.00 Å². The second kappa shape index (κ2) is 9.03. The highest BCUT2D eigenvalue weighted by molar-refractivity contribution is 7.17. The summed E-state index contributed by atoms with van der Waals surface area (Å²) in [6.45, 7) is 3.98. The summed E-state index contributed by atoms with van der Waals surface area (Å²) in [5, 5.41) is 4.43. The molecule has 1 amide bonds. The maximum Gasteiger partial charge on any atom is 0.341 e. The van der Waals surface area contributed by atoms with E-state index in [1.54, 1.807) is 0 Å². The number of hydrogen-bond acceptors (Lipinski definition) is 5. The molecule has 1 aliphatic rings. The Morgan fingerprint density at radius 1 is 0.971 bits per heavy atom. The van der Waals surface area contributed by atoms with Crippen molar-refractivity contribution in [1.29, 1.82) is 0 Å². The van der Waals surface area contributed by atoms with E-state index < -0.39 is 5.97 Å². The largest absolute Gasteiger partial charge is 0.465 e. The molecule has 5 nitrogen and oxygen atoms in total. The molecule has 0 aliphatic heterocycles. The third-order valence-corrected chi connectivity index (χ3v) is 7.68. The van der Waals surface area contributed by atoms with Gasteiger partial charge in [-0.3, -0.25) is 4.79 Å². The predicted molar refractivity (Wildman–Crippen MR) is 137 cm³/mol. The van der Waals surface area contributed by atoms with Gasteiger partial charge in [-0.2, -0.15) is 0 Å². The summed E-state index contributed by atoms with van der Waals surface area (Å²) in [4.78, 5) is 32.5. The van der Waals surface area contributed by atoms with Crippen molar-refractivity contribution in [2.24, 2.45) is 0 Å². The Hall–Kier alpha value is -3.51. The molecule has 1 aliphatic carbocycles. The van der Waals surface area contributed by atoms with E-state index >= 15 is 0 Å². The molecule has 34 heavy (non-hydrogen) atoms. The Kier molecular flexibility index (Phi) is 5.92. The van der Waals surface area contributed by atoms with Gasteiger partial charge in [0.1, 0.15) is 5.00 Å². The van der Waals surface area contributed by atoms with E-state index in [9.17, 15) is 9.59 Å². The first-order valence-electron chi connectivity index (χ1n) is 11.5. The number of fused-ring (bicyclic) bond motifs is 2. The zero-order valence-corrected chi connectivity index (χ0v) is 20.3. The van der Waals surface area contributed by atoms with E-state index in [0.717, 1.165) is 64.5 Å². The highest BCUT2D eigenvalue weighted by Crippen LogP contribution is 2.39. The Morgan fingerprint density at radius 2 is 1.71 bits per heavy atom. The highest BCUT2D eigenvalue weighted by Gasteiger charge is 2.28. The smallest absolute Gasteiger partial charge is 0.341 e. The molecule has 0 spiro atoms. The van der Waals surface area contributed by atoms with Crippen LogP contribution < -0.4 is 5.32 Å². The number of hydrogen-bond donors (Lipinski definition) is 1. The Balaban J connectivity index is 1.63. The molecule has 6 heteroatoms. The minimum absolute atomic E-state index is 0.242. The van der Waals surface area contributed by atoms with Crippen molar-refractivity contribution in [2.45, 2.75) is 39.5 Å². The summed E-state index contributed by atoms with van der Waals surface area (Å²) >= 11 is 1.49. The second-order valence-electron chi connectivity index (χ2n) is 8.70. The number of esters is 1. The van der Waals surface area contributed by atoms with Crippen molar-refractivity contribution in [3.8, 4) is 11.3 Å². The number of aryl methyl sites for hydroxylation is 2. The lowest BCUT2D eigenvalue weighted by Crippen LogP contribution is -2.17. The van der Waals surface area contributed by atoms with Gasteiger partial charge in [-0.15, -0.1) is 11.3 Å². The maximum absolute atomic E-state index is 13.8. The number of aromatic nitrogens is 1. The van der Waals surface area contributed by atoms with Crippen LogP contribution in [0.1, 0.15) is 55.1 Å². The number of ether oxygens (including phenoxy) is 1. The lowest BCUT2D eigenvalue weighted by Gasteiger charge is -2.15. The fourth-order valence-electron chi connectivity index (χ4n) is 4.73. The number of para-hydroxylation sites is 1. The average Bonchev–Trinajstić information content (AvgIpc) is 3.21. The van der Waals surface area contributed by atoms with Crippen LogP contribution in [0.5, 0.6) is 0 Å². The molecule has 0 fully saturated rings. The maximum atomic E-state index is 13.8. The number of amides is 1. The summed E-state index contributed by atoms with van der Waals surface area (Å²) in [5.41, 5.74) is 6.57. The Bertz CT molecular complexity index is 1420. The SMILES string of the molecule is COC(=O)c1c(NC(=O)c2c(C)c(-c3ccc(C)cc3)nc3ccccc23)sc2c1CCCC2. The quantitative estimate of drug-likeness (QED) is 0.346. The Morgan fingerprint density at radius 3 is 2.47 bits per heavy atom. The number of carbonyl (C=O) groups is 2. The normalized spacial score (nSPS) is 12.9. The number of benzene rings is 2. The van der Waals surface area contributed by atoms with Gasteiger partial charge in [0, 0.05) is 15.8 Å². The number of rotatable bonds is 4. The van der Waals surface area contributed by atoms with Crippen LogP contribution in [-0.4, -0.2) is 24.0 Å². The molecule has 0 radical (unpaired) electrons. The van der Waals surface area contributed by atoms with Crippen LogP contribution in [0.2, 0.25) is 0 Å². The van der Waals surface area contributed by atoms with E-state index in [4.69, 9.17) is 9.72 Å². The third kappa shape index (κ3) is 3.88. The summed E-state index contributed by atoms with van der Waals surface area (Å²) < 4.78 is 5.08. The lowest BCUT2D eigenvalue weighted by molar-refractivity contribution is 0.0601. The van der Waals surface area contributed by atoms with Crippen molar-refractivity contribution in [3.05, 3.63) is 81.2 Å². The first kappa shape index (κ1) is 22.3. The van der Waals surface area contributed by atoms with Gasteiger partial charge in [0.15, 0.2) is 0 Å². The molecule has 2 aromatic heterocycles. The van der Waals surface area contributed by atoms with Crippen molar-refractivity contribution >= 4 is 39.1 Å². The molecule has 0 bridgehead atoms.